The van der Waals surface area contributed by atoms with Crippen molar-refractivity contribution >= 4 is 58.4 Å². The van der Waals surface area contributed by atoms with Gasteiger partial charge >= 0.3 is 5.97 Å². The topological polar surface area (TPSA) is 118 Å². The first-order valence-corrected chi connectivity index (χ1v) is 16.1. The van der Waals surface area contributed by atoms with Gasteiger partial charge < -0.3 is 25.0 Å². The highest BCUT2D eigenvalue weighted by molar-refractivity contribution is 7.99. The van der Waals surface area contributed by atoms with E-state index in [9.17, 15) is 19.8 Å². The molecule has 8 nitrogen and oxygen atoms in total. The van der Waals surface area contributed by atoms with Crippen molar-refractivity contribution < 1.29 is 29.3 Å². The minimum Gasteiger partial charge on any atom is -0.478 e. The molecule has 1 aromatic heterocycles. The van der Waals surface area contributed by atoms with Gasteiger partial charge in [0.15, 0.2) is 6.29 Å². The van der Waals surface area contributed by atoms with Gasteiger partial charge in [-0.05, 0) is 39.9 Å². The largest absolute Gasteiger partial charge is 0.478 e. The SMILES string of the molecule is O=C(O)c1cccnc1SC[C@@H]1C[C@H](c2ccc(CO)cc2)O[C@H](c2ccc(-c3ccccc3CNC(=O)C(Cl)(Cl)Cl)cc2)O1. The predicted molar refractivity (Wildman–Crippen MR) is 174 cm³/mol. The molecule has 45 heavy (non-hydrogen) atoms. The van der Waals surface area contributed by atoms with Gasteiger partial charge in [0.05, 0.1) is 24.4 Å². The molecule has 234 valence electrons. The summed E-state index contributed by atoms with van der Waals surface area (Å²) in [4.78, 5) is 28.1. The number of nitrogens with zero attached hydrogens (tertiary/aromatic N) is 1. The van der Waals surface area contributed by atoms with E-state index in [1.54, 1.807) is 12.3 Å². The van der Waals surface area contributed by atoms with Crippen LogP contribution in [0.2, 0.25) is 0 Å². The highest BCUT2D eigenvalue weighted by Gasteiger charge is 2.33. The molecule has 1 aliphatic heterocycles. The molecule has 5 rings (SSSR count). The quantitative estimate of drug-likeness (QED) is 0.118. The van der Waals surface area contributed by atoms with E-state index in [1.807, 2.05) is 72.8 Å². The highest BCUT2D eigenvalue weighted by atomic mass is 35.6. The molecule has 2 heterocycles. The molecule has 3 atom stereocenters. The van der Waals surface area contributed by atoms with E-state index in [4.69, 9.17) is 44.3 Å². The number of aliphatic hydroxyl groups excluding tert-OH is 1. The van der Waals surface area contributed by atoms with Crippen LogP contribution in [0, 0.1) is 0 Å². The summed E-state index contributed by atoms with van der Waals surface area (Å²) in [6, 6.07) is 26.1. The summed E-state index contributed by atoms with van der Waals surface area (Å²) >= 11 is 18.4. The summed E-state index contributed by atoms with van der Waals surface area (Å²) in [6.45, 7) is 0.122. The Morgan fingerprint density at radius 3 is 2.33 bits per heavy atom. The van der Waals surface area contributed by atoms with Crippen molar-refractivity contribution in [3.63, 3.8) is 0 Å². The Bertz CT molecular complexity index is 1630. The number of benzene rings is 3. The minimum absolute atomic E-state index is 0.0540. The maximum absolute atomic E-state index is 12.1. The van der Waals surface area contributed by atoms with Crippen molar-refractivity contribution in [2.75, 3.05) is 5.75 Å². The van der Waals surface area contributed by atoms with Crippen LogP contribution < -0.4 is 5.32 Å². The van der Waals surface area contributed by atoms with Crippen molar-refractivity contribution in [1.82, 2.24) is 10.3 Å². The number of aliphatic hydroxyl groups is 1. The van der Waals surface area contributed by atoms with Crippen molar-refractivity contribution in [2.45, 2.75) is 46.9 Å². The molecule has 1 fully saturated rings. The smallest absolute Gasteiger partial charge is 0.338 e. The molecule has 1 aliphatic rings. The van der Waals surface area contributed by atoms with Crippen molar-refractivity contribution in [3.8, 4) is 11.1 Å². The second-order valence-electron chi connectivity index (χ2n) is 10.3. The summed E-state index contributed by atoms with van der Waals surface area (Å²) in [6.07, 6.45) is 0.848. The molecule has 0 bridgehead atoms. The van der Waals surface area contributed by atoms with Crippen LogP contribution in [-0.2, 0) is 27.4 Å². The lowest BCUT2D eigenvalue weighted by Crippen LogP contribution is -2.34. The zero-order valence-corrected chi connectivity index (χ0v) is 26.8. The fourth-order valence-corrected chi connectivity index (χ4v) is 6.12. The number of amides is 1. The van der Waals surface area contributed by atoms with Crippen LogP contribution in [0.25, 0.3) is 11.1 Å². The Hall–Kier alpha value is -3.15. The number of carbonyl (C=O) groups is 2. The van der Waals surface area contributed by atoms with E-state index in [2.05, 4.69) is 10.3 Å². The number of nitrogens with one attached hydrogen (secondary N) is 1. The van der Waals surface area contributed by atoms with Crippen LogP contribution in [0.4, 0.5) is 0 Å². The number of hydrogen-bond donors (Lipinski definition) is 3. The Balaban J connectivity index is 1.36. The molecule has 3 aromatic carbocycles. The lowest BCUT2D eigenvalue weighted by molar-refractivity contribution is -0.245. The Kier molecular flexibility index (Phi) is 11.0. The van der Waals surface area contributed by atoms with Crippen LogP contribution in [-0.4, -0.2) is 42.7 Å². The first-order valence-electron chi connectivity index (χ1n) is 14.0. The van der Waals surface area contributed by atoms with Crippen molar-refractivity contribution in [3.05, 3.63) is 119 Å². The number of aromatic carboxylic acids is 1. The second-order valence-corrected chi connectivity index (χ2v) is 13.6. The average molecular weight is 688 g/mol. The van der Waals surface area contributed by atoms with E-state index >= 15 is 0 Å². The number of rotatable bonds is 10. The zero-order chi connectivity index (χ0) is 32.0. The third-order valence-electron chi connectivity index (χ3n) is 7.23. The van der Waals surface area contributed by atoms with Crippen LogP contribution >= 0.6 is 46.6 Å². The van der Waals surface area contributed by atoms with Crippen molar-refractivity contribution in [1.29, 1.82) is 0 Å². The normalized spacial score (nSPS) is 18.4. The summed E-state index contributed by atoms with van der Waals surface area (Å²) in [7, 11) is 0. The molecule has 0 spiro atoms. The standard InChI is InChI=1S/C33H29Cl3N2O6S/c34-33(35,36)32(42)38-17-24-4-1-2-5-26(24)21-11-13-23(14-12-21)31-43-25(19-45-29-27(30(40)41)6-3-15-37-29)16-28(44-31)22-9-7-20(18-39)8-10-22/h1-15,25,28,31,39H,16-19H2,(H,38,42)(H,40,41)/t25-,28+,31+/m0/s1. The molecular weight excluding hydrogens is 659 g/mol. The number of pyridine rings is 1. The number of carboxylic acids is 1. The third kappa shape index (κ3) is 8.56. The summed E-state index contributed by atoms with van der Waals surface area (Å²) < 4.78 is 10.8. The van der Waals surface area contributed by atoms with E-state index in [0.29, 0.717) is 17.2 Å². The van der Waals surface area contributed by atoms with Gasteiger partial charge in [-0.1, -0.05) is 108 Å². The molecule has 12 heteroatoms. The van der Waals surface area contributed by atoms with Crippen LogP contribution in [0.3, 0.4) is 0 Å². The number of carbonyl (C=O) groups excluding carboxylic acids is 1. The number of aromatic nitrogens is 1. The molecule has 1 amide bonds. The molecule has 4 aromatic rings. The monoisotopic (exact) mass is 686 g/mol. The Morgan fingerprint density at radius 1 is 0.933 bits per heavy atom. The van der Waals surface area contributed by atoms with Gasteiger partial charge in [0.2, 0.25) is 0 Å². The number of halogens is 3. The van der Waals surface area contributed by atoms with E-state index in [1.165, 1.54) is 17.8 Å². The second kappa shape index (κ2) is 15.0. The van der Waals surface area contributed by atoms with E-state index < -0.39 is 22.0 Å². The molecule has 0 aliphatic carbocycles. The Labute approximate surface area is 279 Å². The minimum atomic E-state index is -2.05. The number of ether oxygens (including phenoxy) is 2. The summed E-state index contributed by atoms with van der Waals surface area (Å²) in [5.74, 6) is -1.28. The maximum Gasteiger partial charge on any atom is 0.338 e. The first kappa shape index (κ1) is 33.2. The fourth-order valence-electron chi connectivity index (χ4n) is 4.91. The number of carboxylic acid groups (broad SMARTS) is 1. The van der Waals surface area contributed by atoms with Gasteiger partial charge in [0, 0.05) is 30.5 Å². The third-order valence-corrected chi connectivity index (χ3v) is 8.88. The van der Waals surface area contributed by atoms with Gasteiger partial charge in [-0.15, -0.1) is 11.8 Å². The van der Waals surface area contributed by atoms with Gasteiger partial charge in [-0.3, -0.25) is 4.79 Å². The van der Waals surface area contributed by atoms with Gasteiger partial charge in [-0.2, -0.15) is 0 Å². The van der Waals surface area contributed by atoms with Gasteiger partial charge in [0.25, 0.3) is 9.70 Å². The molecule has 1 saturated heterocycles. The molecule has 0 unspecified atom stereocenters. The molecule has 0 radical (unpaired) electrons. The molecular formula is C33H29Cl3N2O6S. The summed E-state index contributed by atoms with van der Waals surface area (Å²) in [5.41, 5.74) is 5.35. The van der Waals surface area contributed by atoms with Gasteiger partial charge in [0.1, 0.15) is 5.03 Å². The van der Waals surface area contributed by atoms with Crippen LogP contribution in [0.15, 0.2) is 96.2 Å². The lowest BCUT2D eigenvalue weighted by atomic mass is 9.98. The summed E-state index contributed by atoms with van der Waals surface area (Å²) in [5, 5.41) is 22.1. The van der Waals surface area contributed by atoms with E-state index in [-0.39, 0.29) is 30.9 Å². The van der Waals surface area contributed by atoms with Gasteiger partial charge in [-0.25, -0.2) is 9.78 Å². The average Bonchev–Trinajstić information content (AvgIpc) is 3.06. The Morgan fingerprint density at radius 2 is 1.64 bits per heavy atom. The molecule has 0 saturated carbocycles. The fraction of sp³-hybridized carbons (Fsp3) is 0.242. The van der Waals surface area contributed by atoms with E-state index in [0.717, 1.165) is 33.4 Å². The van der Waals surface area contributed by atoms with Crippen LogP contribution in [0.5, 0.6) is 0 Å². The number of alkyl halides is 3. The highest BCUT2D eigenvalue weighted by Crippen LogP contribution is 2.40. The zero-order valence-electron chi connectivity index (χ0n) is 23.7. The lowest BCUT2D eigenvalue weighted by Gasteiger charge is -2.36. The maximum atomic E-state index is 12.1. The van der Waals surface area contributed by atoms with Crippen LogP contribution in [0.1, 0.15) is 51.4 Å². The predicted octanol–water partition coefficient (Wildman–Crippen LogP) is 7.26. The molecule has 3 N–H and O–H groups in total. The number of thioether (sulfide) groups is 1. The number of hydrogen-bond acceptors (Lipinski definition) is 7. The first-order chi connectivity index (χ1) is 21.6. The van der Waals surface area contributed by atoms with Crippen molar-refractivity contribution in [2.24, 2.45) is 0 Å².